The summed E-state index contributed by atoms with van der Waals surface area (Å²) in [5, 5.41) is 0.631. The van der Waals surface area contributed by atoms with Crippen LogP contribution in [-0.4, -0.2) is 30.4 Å². The van der Waals surface area contributed by atoms with Crippen LogP contribution in [0, 0.1) is 0 Å². The third-order valence-corrected chi connectivity index (χ3v) is 8.73. The molecule has 1 aromatic heterocycles. The molecule has 11 heteroatoms. The van der Waals surface area contributed by atoms with Crippen molar-refractivity contribution < 1.29 is 23.7 Å². The molecule has 1 atom stereocenters. The number of hydrogen-bond acceptors (Lipinski definition) is 8. The quantitative estimate of drug-likeness (QED) is 0.163. The summed E-state index contributed by atoms with van der Waals surface area (Å²) in [5.41, 5.74) is 2.94. The van der Waals surface area contributed by atoms with Crippen LogP contribution in [0.1, 0.15) is 50.4 Å². The molecule has 0 bridgehead atoms. The number of carbonyl (C=O) groups is 1. The van der Waals surface area contributed by atoms with Gasteiger partial charge in [-0.25, -0.2) is 9.79 Å². The van der Waals surface area contributed by atoms with Crippen LogP contribution in [0.2, 0.25) is 5.02 Å². The average molecular weight is 712 g/mol. The second kappa shape index (κ2) is 14.5. The Balaban J connectivity index is 1.58. The minimum Gasteiger partial charge on any atom is -0.494 e. The largest absolute Gasteiger partial charge is 0.494 e. The van der Waals surface area contributed by atoms with E-state index in [1.807, 2.05) is 74.5 Å². The molecule has 4 aromatic rings. The third kappa shape index (κ3) is 7.19. The van der Waals surface area contributed by atoms with Crippen molar-refractivity contribution in [3.63, 3.8) is 0 Å². The summed E-state index contributed by atoms with van der Waals surface area (Å²) >= 11 is 11.0. The van der Waals surface area contributed by atoms with Crippen LogP contribution >= 0.6 is 38.9 Å². The molecule has 2 heterocycles. The van der Waals surface area contributed by atoms with E-state index in [9.17, 15) is 9.59 Å². The zero-order valence-electron chi connectivity index (χ0n) is 25.3. The minimum atomic E-state index is -0.717. The monoisotopic (exact) mass is 710 g/mol. The van der Waals surface area contributed by atoms with Crippen LogP contribution in [0.15, 0.2) is 86.2 Å². The van der Waals surface area contributed by atoms with Gasteiger partial charge in [-0.3, -0.25) is 9.36 Å². The van der Waals surface area contributed by atoms with E-state index in [-0.39, 0.29) is 12.2 Å². The van der Waals surface area contributed by atoms with Crippen molar-refractivity contribution in [2.45, 2.75) is 40.3 Å². The highest BCUT2D eigenvalue weighted by molar-refractivity contribution is 9.10. The standard InChI is InChI=1S/C34H32BrClN2O6S/c1-5-41-25-13-11-23(12-14-25)30-29(33(40)43-7-3)20(4)37-34-38(30)32(39)28(45-34)18-22-16-26(35)31(27(17-22)42-6-2)44-19-21-9-8-10-24(36)15-21/h8-18,30H,5-7,19H2,1-4H3/b28-18-/t30-/m0/s1. The van der Waals surface area contributed by atoms with Gasteiger partial charge in [-0.2, -0.15) is 0 Å². The van der Waals surface area contributed by atoms with Crippen molar-refractivity contribution in [3.05, 3.63) is 118 Å². The predicted octanol–water partition coefficient (Wildman–Crippen LogP) is 6.59. The van der Waals surface area contributed by atoms with Gasteiger partial charge in [0.1, 0.15) is 12.4 Å². The highest BCUT2D eigenvalue weighted by atomic mass is 79.9. The summed E-state index contributed by atoms with van der Waals surface area (Å²) in [6, 6.07) is 17.8. The van der Waals surface area contributed by atoms with Gasteiger partial charge in [0.15, 0.2) is 16.3 Å². The fraction of sp³-hybridized carbons (Fsp3) is 0.265. The molecule has 0 saturated carbocycles. The van der Waals surface area contributed by atoms with E-state index >= 15 is 0 Å². The van der Waals surface area contributed by atoms with Crippen molar-refractivity contribution in [2.24, 2.45) is 4.99 Å². The molecule has 0 spiro atoms. The van der Waals surface area contributed by atoms with Crippen molar-refractivity contribution in [2.75, 3.05) is 19.8 Å². The van der Waals surface area contributed by atoms with E-state index in [0.29, 0.717) is 67.2 Å². The number of halogens is 2. The first-order chi connectivity index (χ1) is 21.7. The molecule has 0 aliphatic carbocycles. The molecule has 8 nitrogen and oxygen atoms in total. The topological polar surface area (TPSA) is 88.4 Å². The highest BCUT2D eigenvalue weighted by Crippen LogP contribution is 2.38. The molecular formula is C34H32BrClN2O6S. The number of hydrogen-bond donors (Lipinski definition) is 0. The molecule has 0 fully saturated rings. The van der Waals surface area contributed by atoms with Gasteiger partial charge in [0, 0.05) is 5.02 Å². The summed E-state index contributed by atoms with van der Waals surface area (Å²) < 4.78 is 25.7. The Bertz CT molecular complexity index is 1930. The first-order valence-electron chi connectivity index (χ1n) is 14.5. The van der Waals surface area contributed by atoms with Gasteiger partial charge >= 0.3 is 5.97 Å². The summed E-state index contributed by atoms with van der Waals surface area (Å²) in [5.74, 6) is 1.26. The lowest BCUT2D eigenvalue weighted by atomic mass is 9.96. The number of rotatable bonds is 11. The smallest absolute Gasteiger partial charge is 0.338 e. The Labute approximate surface area is 278 Å². The second-order valence-electron chi connectivity index (χ2n) is 9.99. The van der Waals surface area contributed by atoms with Crippen LogP contribution in [0.5, 0.6) is 17.2 Å². The lowest BCUT2D eigenvalue weighted by molar-refractivity contribution is -0.139. The Hall–Kier alpha value is -3.86. The summed E-state index contributed by atoms with van der Waals surface area (Å²) in [4.78, 5) is 32.4. The number of ether oxygens (including phenoxy) is 4. The first-order valence-corrected chi connectivity index (χ1v) is 16.5. The summed E-state index contributed by atoms with van der Waals surface area (Å²) in [7, 11) is 0. The van der Waals surface area contributed by atoms with E-state index in [1.165, 1.54) is 11.3 Å². The number of aromatic nitrogens is 1. The fourth-order valence-electron chi connectivity index (χ4n) is 5.03. The molecular weight excluding hydrogens is 680 g/mol. The number of esters is 1. The summed E-state index contributed by atoms with van der Waals surface area (Å²) in [6.45, 7) is 8.76. The molecule has 5 rings (SSSR count). The molecule has 0 radical (unpaired) electrons. The van der Waals surface area contributed by atoms with E-state index in [1.54, 1.807) is 24.5 Å². The minimum absolute atomic E-state index is 0.200. The van der Waals surface area contributed by atoms with Crippen molar-refractivity contribution in [3.8, 4) is 17.2 Å². The van der Waals surface area contributed by atoms with Gasteiger partial charge in [0.2, 0.25) is 0 Å². The maximum absolute atomic E-state index is 14.1. The van der Waals surface area contributed by atoms with Crippen LogP contribution in [-0.2, 0) is 16.1 Å². The van der Waals surface area contributed by atoms with E-state index < -0.39 is 12.0 Å². The van der Waals surface area contributed by atoms with Crippen LogP contribution in [0.25, 0.3) is 6.08 Å². The lowest BCUT2D eigenvalue weighted by Crippen LogP contribution is -2.39. The number of allylic oxidation sites excluding steroid dienone is 1. The predicted molar refractivity (Wildman–Crippen MR) is 179 cm³/mol. The van der Waals surface area contributed by atoms with Crippen LogP contribution in [0.4, 0.5) is 0 Å². The maximum Gasteiger partial charge on any atom is 0.338 e. The van der Waals surface area contributed by atoms with Crippen molar-refractivity contribution in [1.29, 1.82) is 0 Å². The first kappa shape index (κ1) is 32.5. The number of carbonyl (C=O) groups excluding carboxylic acids is 1. The molecule has 0 N–H and O–H groups in total. The molecule has 234 valence electrons. The van der Waals surface area contributed by atoms with Crippen molar-refractivity contribution in [1.82, 2.24) is 4.57 Å². The van der Waals surface area contributed by atoms with E-state index in [0.717, 1.165) is 16.7 Å². The average Bonchev–Trinajstić information content (AvgIpc) is 3.30. The van der Waals surface area contributed by atoms with Crippen LogP contribution < -0.4 is 29.1 Å². The van der Waals surface area contributed by atoms with Gasteiger partial charge in [0.25, 0.3) is 5.56 Å². The Kier molecular flexibility index (Phi) is 10.5. The molecule has 1 aliphatic heterocycles. The SMILES string of the molecule is CCOC(=O)C1=C(C)N=c2s/c(=C\c3cc(Br)c(OCc4cccc(Cl)c4)c(OCC)c3)c(=O)n2[C@H]1c1ccc(OCC)cc1. The van der Waals surface area contributed by atoms with E-state index in [4.69, 9.17) is 30.5 Å². The number of nitrogens with zero attached hydrogens (tertiary/aromatic N) is 2. The Morgan fingerprint density at radius 2 is 1.78 bits per heavy atom. The second-order valence-corrected chi connectivity index (χ2v) is 12.3. The third-order valence-electron chi connectivity index (χ3n) is 6.93. The van der Waals surface area contributed by atoms with Crippen molar-refractivity contribution >= 4 is 50.9 Å². The fourth-order valence-corrected chi connectivity index (χ4v) is 6.86. The highest BCUT2D eigenvalue weighted by Gasteiger charge is 2.33. The van der Waals surface area contributed by atoms with Gasteiger partial charge in [0.05, 0.1) is 46.1 Å². The zero-order valence-corrected chi connectivity index (χ0v) is 28.4. The Morgan fingerprint density at radius 1 is 1.02 bits per heavy atom. The molecule has 0 unspecified atom stereocenters. The number of thiazole rings is 1. The van der Waals surface area contributed by atoms with Gasteiger partial charge in [-0.1, -0.05) is 47.2 Å². The van der Waals surface area contributed by atoms with Gasteiger partial charge in [-0.15, -0.1) is 0 Å². The molecule has 1 aliphatic rings. The van der Waals surface area contributed by atoms with Gasteiger partial charge in [-0.05, 0) is 103 Å². The molecule has 0 amide bonds. The van der Waals surface area contributed by atoms with E-state index in [2.05, 4.69) is 20.9 Å². The van der Waals surface area contributed by atoms with Crippen LogP contribution in [0.3, 0.4) is 0 Å². The zero-order chi connectivity index (χ0) is 32.1. The molecule has 3 aromatic carbocycles. The molecule has 45 heavy (non-hydrogen) atoms. The maximum atomic E-state index is 14.1. The number of fused-ring (bicyclic) bond motifs is 1. The number of benzene rings is 3. The van der Waals surface area contributed by atoms with Gasteiger partial charge < -0.3 is 18.9 Å². The Morgan fingerprint density at radius 3 is 2.47 bits per heavy atom. The lowest BCUT2D eigenvalue weighted by Gasteiger charge is -2.24. The molecule has 0 saturated heterocycles. The summed E-state index contributed by atoms with van der Waals surface area (Å²) in [6.07, 6.45) is 1.79. The normalized spacial score (nSPS) is 14.5.